The molecular weight excluding hydrogens is 350 g/mol. The number of esters is 2. The summed E-state index contributed by atoms with van der Waals surface area (Å²) in [6.07, 6.45) is 1.08. The van der Waals surface area contributed by atoms with Gasteiger partial charge in [-0.05, 0) is 33.1 Å². The highest BCUT2D eigenvalue weighted by Gasteiger charge is 2.25. The van der Waals surface area contributed by atoms with Gasteiger partial charge in [-0.1, -0.05) is 27.4 Å². The second-order valence-electron chi connectivity index (χ2n) is 6.99. The molecular formula is C20H35NO6. The summed E-state index contributed by atoms with van der Waals surface area (Å²) in [5.41, 5.74) is 0. The molecule has 4 atom stereocenters. The molecule has 0 rings (SSSR count). The molecule has 0 fully saturated rings. The van der Waals surface area contributed by atoms with Crippen molar-refractivity contribution >= 4 is 17.8 Å². The molecule has 0 heterocycles. The van der Waals surface area contributed by atoms with E-state index in [4.69, 9.17) is 14.2 Å². The van der Waals surface area contributed by atoms with E-state index < -0.39 is 12.1 Å². The van der Waals surface area contributed by atoms with Crippen LogP contribution in [0.4, 0.5) is 0 Å². The molecule has 0 aliphatic rings. The third-order valence-electron chi connectivity index (χ3n) is 4.15. The standard InChI is InChI=1S/C20H35NO6/c1-8-17(13(3)4)20(24)27-15(6)12-14(5)26-16(7)19(23)21-10-11-25-18(22)9-2/h9,13-17H,2,8,10-12H2,1,3-7H3,(H,21,23). The minimum Gasteiger partial charge on any atom is -0.462 e. The Morgan fingerprint density at radius 1 is 1.07 bits per heavy atom. The van der Waals surface area contributed by atoms with Gasteiger partial charge in [0.25, 0.3) is 0 Å². The van der Waals surface area contributed by atoms with Gasteiger partial charge in [-0.25, -0.2) is 4.79 Å². The Hall–Kier alpha value is -1.89. The molecule has 0 aliphatic heterocycles. The average molecular weight is 386 g/mol. The molecule has 0 aromatic rings. The number of nitrogens with one attached hydrogen (secondary N) is 1. The second kappa shape index (κ2) is 13.3. The molecule has 7 nitrogen and oxygen atoms in total. The van der Waals surface area contributed by atoms with Crippen molar-refractivity contribution < 1.29 is 28.6 Å². The van der Waals surface area contributed by atoms with Crippen LogP contribution in [-0.2, 0) is 28.6 Å². The summed E-state index contributed by atoms with van der Waals surface area (Å²) in [4.78, 5) is 35.1. The maximum absolute atomic E-state index is 12.2. The molecule has 1 amide bonds. The average Bonchev–Trinajstić information content (AvgIpc) is 2.57. The fraction of sp³-hybridized carbons (Fsp3) is 0.750. The van der Waals surface area contributed by atoms with Crippen LogP contribution in [0.3, 0.4) is 0 Å². The van der Waals surface area contributed by atoms with E-state index >= 15 is 0 Å². The SMILES string of the molecule is C=CC(=O)OCCNC(=O)C(C)OC(C)CC(C)OC(=O)C(CC)C(C)C. The molecule has 0 spiro atoms. The van der Waals surface area contributed by atoms with Crippen LogP contribution >= 0.6 is 0 Å². The number of amides is 1. The molecule has 1 N–H and O–H groups in total. The molecule has 0 aromatic carbocycles. The maximum Gasteiger partial charge on any atom is 0.330 e. The first-order chi connectivity index (χ1) is 12.6. The normalized spacial score (nSPS) is 15.4. The van der Waals surface area contributed by atoms with Crippen molar-refractivity contribution in [2.45, 2.75) is 72.7 Å². The quantitative estimate of drug-likeness (QED) is 0.298. The Morgan fingerprint density at radius 2 is 1.70 bits per heavy atom. The van der Waals surface area contributed by atoms with Gasteiger partial charge in [0.05, 0.1) is 18.6 Å². The Bertz CT molecular complexity index is 491. The minimum atomic E-state index is -0.669. The van der Waals surface area contributed by atoms with Crippen molar-refractivity contribution in [3.63, 3.8) is 0 Å². The Kier molecular flexibility index (Phi) is 12.4. The van der Waals surface area contributed by atoms with Gasteiger partial charge in [0.2, 0.25) is 5.91 Å². The summed E-state index contributed by atoms with van der Waals surface area (Å²) >= 11 is 0. The summed E-state index contributed by atoms with van der Waals surface area (Å²) in [6.45, 7) is 14.8. The highest BCUT2D eigenvalue weighted by molar-refractivity contribution is 5.81. The number of ether oxygens (including phenoxy) is 3. The zero-order valence-electron chi connectivity index (χ0n) is 17.4. The van der Waals surface area contributed by atoms with Crippen LogP contribution in [0.25, 0.3) is 0 Å². The summed E-state index contributed by atoms with van der Waals surface area (Å²) < 4.78 is 16.0. The molecule has 0 aromatic heterocycles. The van der Waals surface area contributed by atoms with Crippen molar-refractivity contribution in [3.05, 3.63) is 12.7 Å². The summed E-state index contributed by atoms with van der Waals surface area (Å²) in [7, 11) is 0. The van der Waals surface area contributed by atoms with Crippen LogP contribution in [0.1, 0.15) is 54.4 Å². The van der Waals surface area contributed by atoms with E-state index in [0.29, 0.717) is 6.42 Å². The van der Waals surface area contributed by atoms with Gasteiger partial charge in [-0.2, -0.15) is 0 Å². The zero-order chi connectivity index (χ0) is 21.0. The van der Waals surface area contributed by atoms with Gasteiger partial charge >= 0.3 is 11.9 Å². The lowest BCUT2D eigenvalue weighted by molar-refractivity contribution is -0.157. The molecule has 0 saturated heterocycles. The number of carbonyl (C=O) groups excluding carboxylic acids is 3. The summed E-state index contributed by atoms with van der Waals surface area (Å²) in [5.74, 6) is -0.894. The number of hydrogen-bond donors (Lipinski definition) is 1. The monoisotopic (exact) mass is 385 g/mol. The van der Waals surface area contributed by atoms with Gasteiger partial charge in [0.15, 0.2) is 0 Å². The third-order valence-corrected chi connectivity index (χ3v) is 4.15. The largest absolute Gasteiger partial charge is 0.462 e. The van der Waals surface area contributed by atoms with Crippen molar-refractivity contribution in [1.82, 2.24) is 5.32 Å². The van der Waals surface area contributed by atoms with Crippen molar-refractivity contribution in [2.24, 2.45) is 11.8 Å². The van der Waals surface area contributed by atoms with Gasteiger partial charge < -0.3 is 19.5 Å². The molecule has 7 heteroatoms. The van der Waals surface area contributed by atoms with Gasteiger partial charge in [-0.3, -0.25) is 9.59 Å². The van der Waals surface area contributed by atoms with Gasteiger partial charge in [0, 0.05) is 12.5 Å². The van der Waals surface area contributed by atoms with Crippen molar-refractivity contribution in [2.75, 3.05) is 13.2 Å². The van der Waals surface area contributed by atoms with Crippen molar-refractivity contribution in [3.8, 4) is 0 Å². The summed E-state index contributed by atoms with van der Waals surface area (Å²) in [5, 5.41) is 2.63. The van der Waals surface area contributed by atoms with Crippen LogP contribution in [0.5, 0.6) is 0 Å². The van der Waals surface area contributed by atoms with Gasteiger partial charge in [0.1, 0.15) is 18.8 Å². The molecule has 0 radical (unpaired) electrons. The number of rotatable bonds is 13. The molecule has 27 heavy (non-hydrogen) atoms. The van der Waals surface area contributed by atoms with E-state index in [1.165, 1.54) is 0 Å². The van der Waals surface area contributed by atoms with Crippen molar-refractivity contribution in [1.29, 1.82) is 0 Å². The predicted octanol–water partition coefficient (Wildman–Crippen LogP) is 2.63. The van der Waals surface area contributed by atoms with Crippen LogP contribution < -0.4 is 5.32 Å². The van der Waals surface area contributed by atoms with Crippen LogP contribution in [0, 0.1) is 11.8 Å². The fourth-order valence-corrected chi connectivity index (χ4v) is 2.71. The van der Waals surface area contributed by atoms with E-state index in [0.717, 1.165) is 12.5 Å². The second-order valence-corrected chi connectivity index (χ2v) is 6.99. The number of carbonyl (C=O) groups is 3. The first-order valence-corrected chi connectivity index (χ1v) is 9.55. The highest BCUT2D eigenvalue weighted by Crippen LogP contribution is 2.18. The molecule has 0 bridgehead atoms. The fourth-order valence-electron chi connectivity index (χ4n) is 2.71. The smallest absolute Gasteiger partial charge is 0.330 e. The van der Waals surface area contributed by atoms with Crippen LogP contribution in [0.2, 0.25) is 0 Å². The molecule has 4 unspecified atom stereocenters. The third kappa shape index (κ3) is 10.8. The predicted molar refractivity (Wildman–Crippen MR) is 103 cm³/mol. The van der Waals surface area contributed by atoms with Crippen LogP contribution in [0.15, 0.2) is 12.7 Å². The first kappa shape index (κ1) is 25.1. The summed E-state index contributed by atoms with van der Waals surface area (Å²) in [6, 6.07) is 0. The van der Waals surface area contributed by atoms with Gasteiger partial charge in [-0.15, -0.1) is 0 Å². The molecule has 0 aliphatic carbocycles. The lowest BCUT2D eigenvalue weighted by Crippen LogP contribution is -2.38. The Balaban J connectivity index is 4.22. The van der Waals surface area contributed by atoms with E-state index in [9.17, 15) is 14.4 Å². The highest BCUT2D eigenvalue weighted by atomic mass is 16.5. The van der Waals surface area contributed by atoms with Crippen LogP contribution in [-0.4, -0.2) is 49.3 Å². The molecule has 0 saturated carbocycles. The Morgan fingerprint density at radius 3 is 2.22 bits per heavy atom. The zero-order valence-corrected chi connectivity index (χ0v) is 17.4. The van der Waals surface area contributed by atoms with E-state index in [1.54, 1.807) is 6.92 Å². The maximum atomic E-state index is 12.2. The first-order valence-electron chi connectivity index (χ1n) is 9.55. The van der Waals surface area contributed by atoms with E-state index in [1.807, 2.05) is 34.6 Å². The minimum absolute atomic E-state index is 0.0697. The number of hydrogen-bond acceptors (Lipinski definition) is 6. The lowest BCUT2D eigenvalue weighted by Gasteiger charge is -2.24. The molecule has 156 valence electrons. The topological polar surface area (TPSA) is 90.9 Å². The lowest BCUT2D eigenvalue weighted by atomic mass is 9.93. The Labute approximate surface area is 162 Å². The van der Waals surface area contributed by atoms with E-state index in [-0.39, 0.29) is 49.1 Å². The van der Waals surface area contributed by atoms with E-state index in [2.05, 4.69) is 11.9 Å².